The van der Waals surface area contributed by atoms with Gasteiger partial charge in [0.2, 0.25) is 0 Å². The normalized spacial score (nSPS) is 17.5. The first kappa shape index (κ1) is 17.1. The molecule has 0 saturated carbocycles. The van der Waals surface area contributed by atoms with Crippen molar-refractivity contribution in [3.8, 4) is 5.75 Å². The van der Waals surface area contributed by atoms with Crippen LogP contribution in [0.25, 0.3) is 0 Å². The summed E-state index contributed by atoms with van der Waals surface area (Å²) in [6, 6.07) is 4.96. The van der Waals surface area contributed by atoms with Gasteiger partial charge in [-0.1, -0.05) is 6.07 Å². The predicted molar refractivity (Wildman–Crippen MR) is 98.1 cm³/mol. The number of halogens is 1. The second-order valence-corrected chi connectivity index (χ2v) is 6.83. The second-order valence-electron chi connectivity index (χ2n) is 6.83. The lowest BCUT2D eigenvalue weighted by Crippen LogP contribution is -2.32. The van der Waals surface area contributed by atoms with Crippen molar-refractivity contribution in [3.63, 3.8) is 0 Å². The monoisotopic (exact) mass is 354 g/mol. The van der Waals surface area contributed by atoms with Crippen molar-refractivity contribution in [1.29, 1.82) is 0 Å². The molecule has 0 radical (unpaired) electrons. The van der Waals surface area contributed by atoms with Gasteiger partial charge in [0.05, 0.1) is 18.5 Å². The molecule has 136 valence electrons. The standard InChI is InChI=1S/C20H23FN4O/c1-26-19-7-4-5-16(21)15(19)13-25-10-8-17-14(12-25)11-23-20(24-17)18-6-2-3-9-22-18/h4-5,7,11H,2-3,6,8-10,12-13H2,1H3. The molecule has 0 atom stereocenters. The minimum absolute atomic E-state index is 0.225. The van der Waals surface area contributed by atoms with Crippen LogP contribution in [0.4, 0.5) is 4.39 Å². The van der Waals surface area contributed by atoms with E-state index in [9.17, 15) is 4.39 Å². The van der Waals surface area contributed by atoms with Gasteiger partial charge in [-0.15, -0.1) is 0 Å². The van der Waals surface area contributed by atoms with Gasteiger partial charge in [0, 0.05) is 49.9 Å². The molecule has 2 aliphatic heterocycles. The molecule has 0 fully saturated rings. The summed E-state index contributed by atoms with van der Waals surface area (Å²) in [6.07, 6.45) is 6.05. The molecule has 3 heterocycles. The molecule has 0 bridgehead atoms. The quantitative estimate of drug-likeness (QED) is 0.846. The number of methoxy groups -OCH3 is 1. The molecule has 0 N–H and O–H groups in total. The zero-order valence-electron chi connectivity index (χ0n) is 15.0. The van der Waals surface area contributed by atoms with Crippen molar-refractivity contribution in [2.75, 3.05) is 20.2 Å². The van der Waals surface area contributed by atoms with Gasteiger partial charge < -0.3 is 4.74 Å². The highest BCUT2D eigenvalue weighted by atomic mass is 19.1. The summed E-state index contributed by atoms with van der Waals surface area (Å²) in [4.78, 5) is 16.1. The molecule has 2 aliphatic rings. The van der Waals surface area contributed by atoms with Crippen LogP contribution >= 0.6 is 0 Å². The summed E-state index contributed by atoms with van der Waals surface area (Å²) in [5, 5.41) is 0. The summed E-state index contributed by atoms with van der Waals surface area (Å²) in [5.74, 6) is 1.16. The van der Waals surface area contributed by atoms with E-state index in [2.05, 4.69) is 14.9 Å². The number of ether oxygens (including phenoxy) is 1. The van der Waals surface area contributed by atoms with E-state index < -0.39 is 0 Å². The first-order valence-corrected chi connectivity index (χ1v) is 9.17. The molecular formula is C20H23FN4O. The molecule has 0 unspecified atom stereocenters. The predicted octanol–water partition coefficient (Wildman–Crippen LogP) is 3.16. The zero-order valence-corrected chi connectivity index (χ0v) is 15.0. The van der Waals surface area contributed by atoms with Gasteiger partial charge in [0.15, 0.2) is 5.82 Å². The zero-order chi connectivity index (χ0) is 17.9. The Labute approximate surface area is 152 Å². The van der Waals surface area contributed by atoms with E-state index in [0.29, 0.717) is 17.9 Å². The number of fused-ring (bicyclic) bond motifs is 1. The summed E-state index contributed by atoms with van der Waals surface area (Å²) in [5.41, 5.74) is 3.86. The molecular weight excluding hydrogens is 331 g/mol. The van der Waals surface area contributed by atoms with Gasteiger partial charge in [-0.05, 0) is 31.4 Å². The largest absolute Gasteiger partial charge is 0.496 e. The second kappa shape index (κ2) is 7.50. The van der Waals surface area contributed by atoms with Crippen molar-refractivity contribution >= 4 is 5.71 Å². The van der Waals surface area contributed by atoms with E-state index in [-0.39, 0.29) is 5.82 Å². The Morgan fingerprint density at radius 1 is 1.23 bits per heavy atom. The Kier molecular flexibility index (Phi) is 4.93. The van der Waals surface area contributed by atoms with Gasteiger partial charge in [-0.2, -0.15) is 0 Å². The molecule has 0 spiro atoms. The number of rotatable bonds is 4. The number of hydrogen-bond acceptors (Lipinski definition) is 5. The molecule has 4 rings (SSSR count). The summed E-state index contributed by atoms with van der Waals surface area (Å²) in [7, 11) is 1.58. The maximum atomic E-state index is 14.2. The molecule has 0 saturated heterocycles. The van der Waals surface area contributed by atoms with Crippen LogP contribution in [-0.2, 0) is 19.5 Å². The van der Waals surface area contributed by atoms with Crippen LogP contribution in [-0.4, -0.2) is 40.8 Å². The molecule has 0 aliphatic carbocycles. The van der Waals surface area contributed by atoms with Crippen molar-refractivity contribution in [2.24, 2.45) is 4.99 Å². The first-order valence-electron chi connectivity index (χ1n) is 9.17. The first-order chi connectivity index (χ1) is 12.7. The molecule has 1 aromatic carbocycles. The third kappa shape index (κ3) is 3.46. The summed E-state index contributed by atoms with van der Waals surface area (Å²) < 4.78 is 19.5. The maximum Gasteiger partial charge on any atom is 0.173 e. The number of nitrogens with zero attached hydrogens (tertiary/aromatic N) is 4. The van der Waals surface area contributed by atoms with E-state index in [1.807, 2.05) is 6.20 Å². The van der Waals surface area contributed by atoms with Crippen molar-refractivity contribution < 1.29 is 9.13 Å². The topological polar surface area (TPSA) is 50.6 Å². The fraction of sp³-hybridized carbons (Fsp3) is 0.450. The number of aromatic nitrogens is 2. The number of benzene rings is 1. The van der Waals surface area contributed by atoms with Crippen LogP contribution in [0.1, 0.15) is 41.9 Å². The summed E-state index contributed by atoms with van der Waals surface area (Å²) in [6.45, 7) is 2.96. The van der Waals surface area contributed by atoms with Crippen LogP contribution < -0.4 is 4.74 Å². The van der Waals surface area contributed by atoms with Gasteiger partial charge in [-0.3, -0.25) is 9.89 Å². The highest BCUT2D eigenvalue weighted by Gasteiger charge is 2.22. The van der Waals surface area contributed by atoms with E-state index in [1.165, 1.54) is 6.07 Å². The minimum atomic E-state index is -0.225. The SMILES string of the molecule is COc1cccc(F)c1CN1CCc2nc(C3=NCCCC3)ncc2C1. The fourth-order valence-corrected chi connectivity index (χ4v) is 3.64. The number of aliphatic imine (C=N–C) groups is 1. The van der Waals surface area contributed by atoms with Gasteiger partial charge in [-0.25, -0.2) is 14.4 Å². The molecule has 5 nitrogen and oxygen atoms in total. The summed E-state index contributed by atoms with van der Waals surface area (Å²) >= 11 is 0. The minimum Gasteiger partial charge on any atom is -0.496 e. The van der Waals surface area contributed by atoms with E-state index >= 15 is 0 Å². The Balaban J connectivity index is 1.51. The Bertz CT molecular complexity index is 837. The average molecular weight is 354 g/mol. The highest BCUT2D eigenvalue weighted by molar-refractivity contribution is 5.97. The maximum absolute atomic E-state index is 14.2. The lowest BCUT2D eigenvalue weighted by Gasteiger charge is -2.28. The van der Waals surface area contributed by atoms with Gasteiger partial charge in [0.1, 0.15) is 11.6 Å². The van der Waals surface area contributed by atoms with Crippen LogP contribution in [0, 0.1) is 5.82 Å². The van der Waals surface area contributed by atoms with Crippen LogP contribution in [0.2, 0.25) is 0 Å². The van der Waals surface area contributed by atoms with Crippen molar-refractivity contribution in [1.82, 2.24) is 14.9 Å². The third-order valence-corrected chi connectivity index (χ3v) is 5.07. The smallest absolute Gasteiger partial charge is 0.173 e. The fourth-order valence-electron chi connectivity index (χ4n) is 3.64. The highest BCUT2D eigenvalue weighted by Crippen LogP contribution is 2.26. The molecule has 2 aromatic rings. The Hall–Kier alpha value is -2.34. The Morgan fingerprint density at radius 3 is 2.96 bits per heavy atom. The van der Waals surface area contributed by atoms with E-state index in [0.717, 1.165) is 68.1 Å². The lowest BCUT2D eigenvalue weighted by atomic mass is 10.0. The molecule has 6 heteroatoms. The third-order valence-electron chi connectivity index (χ3n) is 5.07. The van der Waals surface area contributed by atoms with Crippen molar-refractivity contribution in [3.05, 3.63) is 52.9 Å². The lowest BCUT2D eigenvalue weighted by molar-refractivity contribution is 0.235. The van der Waals surface area contributed by atoms with Gasteiger partial charge >= 0.3 is 0 Å². The number of hydrogen-bond donors (Lipinski definition) is 0. The molecule has 0 amide bonds. The van der Waals surface area contributed by atoms with E-state index in [1.54, 1.807) is 19.2 Å². The van der Waals surface area contributed by atoms with E-state index in [4.69, 9.17) is 9.72 Å². The molecule has 26 heavy (non-hydrogen) atoms. The van der Waals surface area contributed by atoms with Crippen LogP contribution in [0.3, 0.4) is 0 Å². The van der Waals surface area contributed by atoms with Crippen molar-refractivity contribution in [2.45, 2.75) is 38.8 Å². The van der Waals surface area contributed by atoms with Crippen LogP contribution in [0.15, 0.2) is 29.4 Å². The Morgan fingerprint density at radius 2 is 2.15 bits per heavy atom. The van der Waals surface area contributed by atoms with Gasteiger partial charge in [0.25, 0.3) is 0 Å². The molecule has 1 aromatic heterocycles. The van der Waals surface area contributed by atoms with Crippen LogP contribution in [0.5, 0.6) is 5.75 Å². The average Bonchev–Trinajstić information content (AvgIpc) is 2.69.